The number of carbonyl (C=O) groups excluding carboxylic acids is 3. The van der Waals surface area contributed by atoms with Gasteiger partial charge in [0.1, 0.15) is 17.8 Å². The zero-order valence-electron chi connectivity index (χ0n) is 52.8. The minimum atomic E-state index is -4.74. The van der Waals surface area contributed by atoms with Crippen molar-refractivity contribution in [3.63, 3.8) is 0 Å². The SMILES string of the molecule is Cc1ccc(CCCC(=O)NCCCC[C@H](NC(=O)CN2CCN(CC(=O)O)CCN(CC(=O)O)CCN(CC(=O)O)CC2)C(=O)NCCCCCCOc2cc(/C=C/c3cccc(-c4ccccc4)c3C)c(C(F)(F)F)cc2CN2CCCC[C@H]2C(=O)O)cc1.[Lu]. The van der Waals surface area contributed by atoms with Gasteiger partial charge in [-0.05, 0) is 124 Å². The van der Waals surface area contributed by atoms with Gasteiger partial charge in [-0.3, -0.25) is 58.1 Å². The van der Waals surface area contributed by atoms with Crippen molar-refractivity contribution < 1.29 is 109 Å². The molecule has 2 aliphatic heterocycles. The second-order valence-corrected chi connectivity index (χ2v) is 23.7. The first-order valence-electron chi connectivity index (χ1n) is 31.7. The summed E-state index contributed by atoms with van der Waals surface area (Å²) < 4.78 is 51.3. The van der Waals surface area contributed by atoms with Crippen LogP contribution in [0.5, 0.6) is 5.75 Å². The molecular weight excluding hydrogens is 1350 g/mol. The van der Waals surface area contributed by atoms with E-state index in [0.717, 1.165) is 45.9 Å². The summed E-state index contributed by atoms with van der Waals surface area (Å²) in [6.45, 7) is 5.51. The van der Waals surface area contributed by atoms with Gasteiger partial charge in [0.15, 0.2) is 0 Å². The van der Waals surface area contributed by atoms with Gasteiger partial charge in [0, 0.05) is 121 Å². The van der Waals surface area contributed by atoms with E-state index < -0.39 is 59.5 Å². The van der Waals surface area contributed by atoms with E-state index in [1.54, 1.807) is 30.6 Å². The first-order chi connectivity index (χ1) is 43.6. The summed E-state index contributed by atoms with van der Waals surface area (Å²) in [5.41, 5.74) is 5.13. The summed E-state index contributed by atoms with van der Waals surface area (Å²) in [6.07, 6.45) is 5.50. The molecule has 92 heavy (non-hydrogen) atoms. The van der Waals surface area contributed by atoms with E-state index in [1.807, 2.05) is 74.5 Å². The van der Waals surface area contributed by atoms with Crippen molar-refractivity contribution in [1.82, 2.24) is 40.4 Å². The molecule has 6 rings (SSSR count). The topological polar surface area (TPSA) is 262 Å². The van der Waals surface area contributed by atoms with E-state index >= 15 is 13.2 Å². The molecule has 20 nitrogen and oxygen atoms in total. The maximum atomic E-state index is 15.0. The van der Waals surface area contributed by atoms with E-state index in [1.165, 1.54) is 12.1 Å². The summed E-state index contributed by atoms with van der Waals surface area (Å²) in [7, 11) is 0. The maximum Gasteiger partial charge on any atom is 0.417 e. The first-order valence-corrected chi connectivity index (χ1v) is 31.7. The molecule has 2 heterocycles. The minimum absolute atomic E-state index is 0. The van der Waals surface area contributed by atoms with E-state index in [-0.39, 0.29) is 164 Å². The largest absolute Gasteiger partial charge is 0.493 e. The van der Waals surface area contributed by atoms with Crippen molar-refractivity contribution in [3.8, 4) is 16.9 Å². The van der Waals surface area contributed by atoms with Gasteiger partial charge in [-0.1, -0.05) is 110 Å². The van der Waals surface area contributed by atoms with Gasteiger partial charge in [0.25, 0.3) is 0 Å². The molecule has 1 radical (unpaired) electrons. The number of likely N-dealkylation sites (tertiary alicyclic amines) is 1. The number of halogens is 3. The van der Waals surface area contributed by atoms with Gasteiger partial charge >= 0.3 is 30.1 Å². The van der Waals surface area contributed by atoms with Gasteiger partial charge in [0.2, 0.25) is 17.7 Å². The molecule has 0 unspecified atom stereocenters. The predicted molar refractivity (Wildman–Crippen MR) is 341 cm³/mol. The number of aryl methyl sites for hydroxylation is 2. The van der Waals surface area contributed by atoms with Crippen LogP contribution < -0.4 is 20.7 Å². The Morgan fingerprint density at radius 1 is 0.620 bits per heavy atom. The van der Waals surface area contributed by atoms with Gasteiger partial charge in [-0.15, -0.1) is 0 Å². The molecule has 0 aliphatic carbocycles. The quantitative estimate of drug-likeness (QED) is 0.0176. The molecular formula is C68H91F3LuN8O12. The number of unbranched alkanes of at least 4 members (excludes halogenated alkanes) is 4. The number of ether oxygens (including phenoxy) is 1. The fourth-order valence-electron chi connectivity index (χ4n) is 11.5. The second kappa shape index (κ2) is 39.9. The van der Waals surface area contributed by atoms with Gasteiger partial charge < -0.3 is 41.1 Å². The normalized spacial score (nSPS) is 16.3. The minimum Gasteiger partial charge on any atom is -0.493 e. The average molecular weight is 1440 g/mol. The van der Waals surface area contributed by atoms with Crippen molar-refractivity contribution in [3.05, 3.63) is 124 Å². The third-order valence-electron chi connectivity index (χ3n) is 16.6. The fourth-order valence-corrected chi connectivity index (χ4v) is 11.5. The molecule has 24 heteroatoms. The Kier molecular flexibility index (Phi) is 33.1. The third kappa shape index (κ3) is 27.2. The second-order valence-electron chi connectivity index (χ2n) is 23.7. The van der Waals surface area contributed by atoms with Crippen LogP contribution in [0.25, 0.3) is 23.3 Å². The Labute approximate surface area is 567 Å². The van der Waals surface area contributed by atoms with Crippen LogP contribution in [-0.4, -0.2) is 203 Å². The average Bonchev–Trinajstić information content (AvgIpc) is 2.10. The van der Waals surface area contributed by atoms with Crippen LogP contribution in [0.15, 0.2) is 84.9 Å². The van der Waals surface area contributed by atoms with Crippen LogP contribution in [0.3, 0.4) is 0 Å². The number of piperidine rings is 1. The first kappa shape index (κ1) is 76.2. The van der Waals surface area contributed by atoms with Crippen LogP contribution >= 0.6 is 0 Å². The Hall–Kier alpha value is -6.47. The smallest absolute Gasteiger partial charge is 0.417 e. The van der Waals surface area contributed by atoms with Crippen LogP contribution in [0.4, 0.5) is 13.2 Å². The molecule has 0 aromatic heterocycles. The van der Waals surface area contributed by atoms with Gasteiger partial charge in [-0.25, -0.2) is 0 Å². The molecule has 2 atom stereocenters. The molecule has 2 fully saturated rings. The Balaban J connectivity index is 0.0000154. The number of carboxylic acid groups (broad SMARTS) is 4. The zero-order chi connectivity index (χ0) is 65.7. The van der Waals surface area contributed by atoms with E-state index in [2.05, 4.69) is 28.1 Å². The molecule has 2 saturated heterocycles. The number of nitrogens with one attached hydrogen (secondary N) is 3. The summed E-state index contributed by atoms with van der Waals surface area (Å²) >= 11 is 0. The standard InChI is InChI=1S/C68H91F3N8O12.Lu/c1-49-24-26-51(27-25-49)16-14-23-61(80)72-30-11-8-21-58(74-62(81)45-75-33-35-76(46-63(82)83)37-39-78(48-65(86)87)40-38-77(36-34-75)47-64(84)85)66(88)73-31-10-3-4-13-41-91-60-43-54(29-28-52-19-15-20-56(50(52)2)53-17-6-5-7-18-53)57(68(69,70)71)42-55(60)44-79-32-12-9-22-59(79)67(89)90;/h5-7,15,17-20,24-29,42-43,58-59H,3-4,8-14,16,21-23,30-41,44-48H2,1-2H3,(H,72,80)(H,73,88)(H,74,81)(H,82,83)(H,84,85)(H,86,87)(H,89,90);/b29-28+;/t58-,59-;/m0./s1. The van der Waals surface area contributed by atoms with Gasteiger partial charge in [-0.2, -0.15) is 13.2 Å². The van der Waals surface area contributed by atoms with Crippen LogP contribution in [0.1, 0.15) is 116 Å². The number of benzene rings is 4. The zero-order valence-corrected chi connectivity index (χ0v) is 54.4. The van der Waals surface area contributed by atoms with Crippen LogP contribution in [-0.2, 0) is 52.7 Å². The predicted octanol–water partition coefficient (Wildman–Crippen LogP) is 7.92. The number of hydrogen-bond donors (Lipinski definition) is 7. The molecule has 7 N–H and O–H groups in total. The number of amides is 3. The Morgan fingerprint density at radius 2 is 1.20 bits per heavy atom. The van der Waals surface area contributed by atoms with E-state index in [9.17, 15) is 54.0 Å². The van der Waals surface area contributed by atoms with E-state index in [0.29, 0.717) is 83.7 Å². The molecule has 0 spiro atoms. The van der Waals surface area contributed by atoms with Crippen molar-refractivity contribution in [2.45, 2.75) is 122 Å². The number of alkyl halides is 3. The summed E-state index contributed by atoms with van der Waals surface area (Å²) in [5, 5.41) is 47.8. The van der Waals surface area contributed by atoms with Crippen molar-refractivity contribution in [1.29, 1.82) is 0 Å². The number of carboxylic acids is 4. The molecule has 2 aliphatic rings. The summed E-state index contributed by atoms with van der Waals surface area (Å²) in [5.74, 6) is -5.05. The Bertz CT molecular complexity index is 3020. The molecule has 0 saturated carbocycles. The molecule has 4 aromatic rings. The van der Waals surface area contributed by atoms with Crippen molar-refractivity contribution in [2.75, 3.05) is 105 Å². The summed E-state index contributed by atoms with van der Waals surface area (Å²) in [4.78, 5) is 96.8. The molecule has 0 bridgehead atoms. The van der Waals surface area contributed by atoms with Crippen molar-refractivity contribution in [2.24, 2.45) is 0 Å². The third-order valence-corrected chi connectivity index (χ3v) is 16.6. The van der Waals surface area contributed by atoms with Crippen LogP contribution in [0, 0.1) is 50.7 Å². The molecule has 3 amide bonds. The van der Waals surface area contributed by atoms with Crippen LogP contribution in [0.2, 0.25) is 0 Å². The monoisotopic (exact) mass is 1440 g/mol. The van der Waals surface area contributed by atoms with Crippen molar-refractivity contribution >= 4 is 53.8 Å². The molecule has 4 aromatic carbocycles. The maximum absolute atomic E-state index is 15.0. The Morgan fingerprint density at radius 3 is 1.79 bits per heavy atom. The van der Waals surface area contributed by atoms with E-state index in [4.69, 9.17) is 4.74 Å². The number of carbonyl (C=O) groups is 7. The number of rotatable bonds is 33. The molecule has 511 valence electrons. The summed E-state index contributed by atoms with van der Waals surface area (Å²) in [6, 6.07) is 24.2. The number of aliphatic carboxylic acids is 4. The van der Waals surface area contributed by atoms with Gasteiger partial charge in [0.05, 0.1) is 38.3 Å². The number of hydrogen-bond acceptors (Lipinski definition) is 13. The fraction of sp³-hybridized carbons (Fsp3) is 0.515. The number of nitrogens with zero attached hydrogens (tertiary/aromatic N) is 5.